The smallest absolute Gasteiger partial charge is 0.413 e. The van der Waals surface area contributed by atoms with Gasteiger partial charge in [0.1, 0.15) is 18.4 Å². The molecule has 2 aromatic carbocycles. The lowest BCUT2D eigenvalue weighted by atomic mass is 10.1. The Balaban J connectivity index is 1.48. The van der Waals surface area contributed by atoms with Gasteiger partial charge in [0.05, 0.1) is 24.9 Å². The van der Waals surface area contributed by atoms with Crippen LogP contribution in [0.15, 0.2) is 77.9 Å². The monoisotopic (exact) mass is 554 g/mol. The van der Waals surface area contributed by atoms with Gasteiger partial charge < -0.3 is 19.7 Å². The highest BCUT2D eigenvalue weighted by Gasteiger charge is 2.59. The molecule has 2 aromatic heterocycles. The molecule has 208 valence electrons. The quantitative estimate of drug-likeness (QED) is 0.297. The van der Waals surface area contributed by atoms with E-state index in [0.717, 1.165) is 11.8 Å². The van der Waals surface area contributed by atoms with E-state index >= 15 is 0 Å². The maximum absolute atomic E-state index is 14.9. The number of nitrogens with zero attached hydrogens (tertiary/aromatic N) is 5. The number of nitrogens with one attached hydrogen (secondary N) is 1. The average molecular weight is 555 g/mol. The molecule has 1 fully saturated rings. The standard InChI is InChI=1S/C26H24F2N6O6/c27-26(28)21(36)20(14-35)40-23(26)34-12-18(19-13-33(32-31-19)11-16-7-3-1-4-8-16)22(29-24(34)37)30-25(38)39-15-17-9-5-2-6-10-17/h1-10,12-13,20-21,23,35-36H,11,14-15H2,(H,29,30,37,38)/t20?,21?,23-/m1/s1. The molecule has 1 amide bonds. The summed E-state index contributed by atoms with van der Waals surface area (Å²) < 4.78 is 42.0. The first-order valence-electron chi connectivity index (χ1n) is 12.1. The molecule has 3 N–H and O–H groups in total. The third-order valence-electron chi connectivity index (χ3n) is 6.20. The van der Waals surface area contributed by atoms with Crippen LogP contribution in [0.2, 0.25) is 0 Å². The zero-order chi connectivity index (χ0) is 28.3. The van der Waals surface area contributed by atoms with Crippen LogP contribution in [-0.4, -0.2) is 65.6 Å². The number of carbonyl (C=O) groups excluding carboxylic acids is 1. The van der Waals surface area contributed by atoms with Gasteiger partial charge in [-0.1, -0.05) is 65.9 Å². The minimum Gasteiger partial charge on any atom is -0.444 e. The van der Waals surface area contributed by atoms with Crippen molar-refractivity contribution in [2.45, 2.75) is 37.5 Å². The van der Waals surface area contributed by atoms with Crippen LogP contribution in [0.3, 0.4) is 0 Å². The first-order valence-corrected chi connectivity index (χ1v) is 12.1. The number of carbonyl (C=O) groups is 1. The highest BCUT2D eigenvalue weighted by Crippen LogP contribution is 2.42. The van der Waals surface area contributed by atoms with Gasteiger partial charge in [-0.2, -0.15) is 13.8 Å². The van der Waals surface area contributed by atoms with Crippen molar-refractivity contribution < 1.29 is 33.3 Å². The van der Waals surface area contributed by atoms with E-state index in [9.17, 15) is 28.6 Å². The first-order chi connectivity index (χ1) is 19.3. The van der Waals surface area contributed by atoms with E-state index in [1.54, 1.807) is 30.3 Å². The lowest BCUT2D eigenvalue weighted by Crippen LogP contribution is -2.42. The second-order valence-corrected chi connectivity index (χ2v) is 9.00. The minimum atomic E-state index is -3.94. The van der Waals surface area contributed by atoms with E-state index in [1.807, 2.05) is 30.3 Å². The van der Waals surface area contributed by atoms with Crippen LogP contribution in [0, 0.1) is 0 Å². The Morgan fingerprint density at radius 2 is 1.75 bits per heavy atom. The first kappa shape index (κ1) is 27.1. The molecule has 3 heterocycles. The molecule has 40 heavy (non-hydrogen) atoms. The molecule has 0 saturated carbocycles. The molecule has 0 radical (unpaired) electrons. The molecule has 0 spiro atoms. The zero-order valence-corrected chi connectivity index (χ0v) is 20.8. The Kier molecular flexibility index (Phi) is 7.64. The van der Waals surface area contributed by atoms with Crippen LogP contribution >= 0.6 is 0 Å². The maximum atomic E-state index is 14.9. The summed E-state index contributed by atoms with van der Waals surface area (Å²) in [7, 11) is 0. The minimum absolute atomic E-state index is 0.0445. The summed E-state index contributed by atoms with van der Waals surface area (Å²) >= 11 is 0. The number of rotatable bonds is 8. The number of alkyl halides is 2. The molecular weight excluding hydrogens is 530 g/mol. The van der Waals surface area contributed by atoms with E-state index in [2.05, 4.69) is 20.6 Å². The number of aliphatic hydroxyl groups is 2. The number of hydrogen-bond donors (Lipinski definition) is 3. The average Bonchev–Trinajstić information content (AvgIpc) is 3.50. The number of halogens is 2. The molecule has 14 heteroatoms. The van der Waals surface area contributed by atoms with Gasteiger partial charge in [0.15, 0.2) is 11.9 Å². The molecule has 12 nitrogen and oxygen atoms in total. The van der Waals surface area contributed by atoms with Crippen molar-refractivity contribution in [1.29, 1.82) is 0 Å². The van der Waals surface area contributed by atoms with Gasteiger partial charge in [0.2, 0.25) is 6.23 Å². The summed E-state index contributed by atoms with van der Waals surface area (Å²) in [6, 6.07) is 18.2. The van der Waals surface area contributed by atoms with Gasteiger partial charge in [-0.25, -0.2) is 14.3 Å². The van der Waals surface area contributed by atoms with Crippen molar-refractivity contribution >= 4 is 11.9 Å². The summed E-state index contributed by atoms with van der Waals surface area (Å²) in [6.07, 6.45) is -4.77. The third-order valence-corrected chi connectivity index (χ3v) is 6.20. The highest BCUT2D eigenvalue weighted by atomic mass is 19.3. The number of aromatic nitrogens is 5. The van der Waals surface area contributed by atoms with E-state index in [1.165, 1.54) is 10.9 Å². The molecular formula is C26H24F2N6O6. The fourth-order valence-corrected chi connectivity index (χ4v) is 4.16. The summed E-state index contributed by atoms with van der Waals surface area (Å²) in [4.78, 5) is 29.2. The Morgan fingerprint density at radius 3 is 2.40 bits per heavy atom. The summed E-state index contributed by atoms with van der Waals surface area (Å²) in [5.41, 5.74) is 0.456. The molecule has 2 unspecified atom stereocenters. The number of anilines is 1. The lowest BCUT2D eigenvalue weighted by Gasteiger charge is -2.22. The second-order valence-electron chi connectivity index (χ2n) is 9.00. The Labute approximate surface area is 225 Å². The highest BCUT2D eigenvalue weighted by molar-refractivity contribution is 5.88. The van der Waals surface area contributed by atoms with E-state index in [4.69, 9.17) is 9.47 Å². The van der Waals surface area contributed by atoms with Gasteiger partial charge in [-0.05, 0) is 11.1 Å². The maximum Gasteiger partial charge on any atom is 0.413 e. The van der Waals surface area contributed by atoms with E-state index in [-0.39, 0.29) is 23.7 Å². The van der Waals surface area contributed by atoms with Crippen LogP contribution in [0.5, 0.6) is 0 Å². The molecule has 1 aliphatic rings. The molecule has 0 aliphatic carbocycles. The number of hydrogen-bond acceptors (Lipinski definition) is 9. The van der Waals surface area contributed by atoms with Crippen molar-refractivity contribution in [1.82, 2.24) is 24.5 Å². The topological polar surface area (TPSA) is 154 Å². The lowest BCUT2D eigenvalue weighted by molar-refractivity contribution is -0.140. The van der Waals surface area contributed by atoms with Crippen molar-refractivity contribution in [2.24, 2.45) is 0 Å². The van der Waals surface area contributed by atoms with Crippen molar-refractivity contribution in [3.8, 4) is 11.3 Å². The molecule has 1 saturated heterocycles. The van der Waals surface area contributed by atoms with Crippen molar-refractivity contribution in [3.05, 3.63) is 94.7 Å². The summed E-state index contributed by atoms with van der Waals surface area (Å²) in [5, 5.41) is 29.7. The van der Waals surface area contributed by atoms with Crippen LogP contribution in [0.1, 0.15) is 17.4 Å². The summed E-state index contributed by atoms with van der Waals surface area (Å²) in [5.74, 6) is -4.25. The second kappa shape index (κ2) is 11.3. The zero-order valence-electron chi connectivity index (χ0n) is 20.8. The van der Waals surface area contributed by atoms with Crippen LogP contribution in [0.25, 0.3) is 11.3 Å². The number of ether oxygens (including phenoxy) is 2. The van der Waals surface area contributed by atoms with Gasteiger partial charge >= 0.3 is 17.7 Å². The Hall–Kier alpha value is -4.53. The van der Waals surface area contributed by atoms with Crippen molar-refractivity contribution in [3.63, 3.8) is 0 Å². The molecule has 4 aromatic rings. The van der Waals surface area contributed by atoms with Crippen LogP contribution in [0.4, 0.5) is 19.4 Å². The largest absolute Gasteiger partial charge is 0.444 e. The van der Waals surface area contributed by atoms with Gasteiger partial charge in [0.25, 0.3) is 0 Å². The fourth-order valence-electron chi connectivity index (χ4n) is 4.16. The van der Waals surface area contributed by atoms with Crippen molar-refractivity contribution in [2.75, 3.05) is 11.9 Å². The van der Waals surface area contributed by atoms with Crippen LogP contribution in [-0.2, 0) is 22.6 Å². The predicted octanol–water partition coefficient (Wildman–Crippen LogP) is 2.18. The fraction of sp³-hybridized carbons (Fsp3) is 0.269. The Bertz CT molecular complexity index is 1530. The third kappa shape index (κ3) is 5.59. The van der Waals surface area contributed by atoms with E-state index in [0.29, 0.717) is 16.7 Å². The molecule has 0 bridgehead atoms. The Morgan fingerprint density at radius 1 is 1.07 bits per heavy atom. The van der Waals surface area contributed by atoms with Gasteiger partial charge in [0, 0.05) is 6.20 Å². The van der Waals surface area contributed by atoms with E-state index < -0.39 is 42.7 Å². The number of amides is 1. The number of benzene rings is 2. The SMILES string of the molecule is O=C(Nc1nc(=O)n([C@@H]2OC(CO)C(O)C2(F)F)cc1-c1cn(Cc2ccccc2)nn1)OCc1ccccc1. The molecule has 1 aliphatic heterocycles. The van der Waals surface area contributed by atoms with Crippen LogP contribution < -0.4 is 11.0 Å². The molecule has 5 rings (SSSR count). The van der Waals surface area contributed by atoms with Gasteiger partial charge in [-0.15, -0.1) is 5.10 Å². The molecule has 3 atom stereocenters. The summed E-state index contributed by atoms with van der Waals surface area (Å²) in [6.45, 7) is -0.644. The van der Waals surface area contributed by atoms with Gasteiger partial charge in [-0.3, -0.25) is 9.88 Å². The predicted molar refractivity (Wildman–Crippen MR) is 135 cm³/mol. The normalized spacial score (nSPS) is 19.9. The number of aliphatic hydroxyl groups excluding tert-OH is 2.